The zero-order chi connectivity index (χ0) is 11.8. The van der Waals surface area contributed by atoms with Gasteiger partial charge in [-0.3, -0.25) is 10.1 Å². The molecular weight excluding hydrogens is 219 g/mol. The SMILES string of the molecule is Nc1cc(-c2cc3cccnc3cc2F)[nH]n1. The van der Waals surface area contributed by atoms with E-state index in [1.165, 1.54) is 6.07 Å². The normalized spacial score (nSPS) is 10.9. The summed E-state index contributed by atoms with van der Waals surface area (Å²) in [7, 11) is 0. The Hall–Kier alpha value is -2.43. The molecule has 0 radical (unpaired) electrons. The van der Waals surface area contributed by atoms with Gasteiger partial charge in [-0.15, -0.1) is 0 Å². The number of fused-ring (bicyclic) bond motifs is 1. The van der Waals surface area contributed by atoms with E-state index in [1.807, 2.05) is 12.1 Å². The van der Waals surface area contributed by atoms with Gasteiger partial charge in [0, 0.05) is 29.3 Å². The number of halogens is 1. The van der Waals surface area contributed by atoms with Crippen molar-refractivity contribution in [3.05, 3.63) is 42.3 Å². The van der Waals surface area contributed by atoms with E-state index in [-0.39, 0.29) is 5.82 Å². The number of nitrogens with zero attached hydrogens (tertiary/aromatic N) is 2. The minimum Gasteiger partial charge on any atom is -0.382 e. The minimum absolute atomic E-state index is 0.339. The van der Waals surface area contributed by atoms with Crippen molar-refractivity contribution in [1.82, 2.24) is 15.2 Å². The van der Waals surface area contributed by atoms with Crippen LogP contribution >= 0.6 is 0 Å². The molecule has 3 rings (SSSR count). The maximum Gasteiger partial charge on any atom is 0.145 e. The van der Waals surface area contributed by atoms with Crippen molar-refractivity contribution in [3.8, 4) is 11.3 Å². The molecule has 4 nitrogen and oxygen atoms in total. The number of nitrogens with two attached hydrogens (primary N) is 1. The molecule has 0 aliphatic heterocycles. The van der Waals surface area contributed by atoms with Crippen LogP contribution in [0.25, 0.3) is 22.2 Å². The van der Waals surface area contributed by atoms with Gasteiger partial charge in [-0.1, -0.05) is 6.07 Å². The molecule has 0 spiro atoms. The molecular formula is C12H9FN4. The molecule has 0 atom stereocenters. The number of rotatable bonds is 1. The van der Waals surface area contributed by atoms with Crippen molar-refractivity contribution >= 4 is 16.7 Å². The van der Waals surface area contributed by atoms with Gasteiger partial charge in [-0.2, -0.15) is 5.10 Å². The number of aromatic nitrogens is 3. The standard InChI is InChI=1S/C12H9FN4/c13-9-5-10-7(2-1-3-15-10)4-8(9)11-6-12(14)17-16-11/h1-6H,(H3,14,16,17). The Kier molecular flexibility index (Phi) is 2.04. The van der Waals surface area contributed by atoms with Gasteiger partial charge in [0.2, 0.25) is 0 Å². The fourth-order valence-corrected chi connectivity index (χ4v) is 1.78. The molecule has 0 aliphatic carbocycles. The molecule has 5 heteroatoms. The number of H-pyrrole nitrogens is 1. The topological polar surface area (TPSA) is 67.6 Å². The van der Waals surface area contributed by atoms with Crippen LogP contribution in [0.2, 0.25) is 0 Å². The number of nitrogens with one attached hydrogen (secondary N) is 1. The summed E-state index contributed by atoms with van der Waals surface area (Å²) in [5, 5.41) is 7.35. The van der Waals surface area contributed by atoms with E-state index in [1.54, 1.807) is 18.3 Å². The second-order valence-electron chi connectivity index (χ2n) is 3.73. The molecule has 17 heavy (non-hydrogen) atoms. The molecule has 0 saturated heterocycles. The van der Waals surface area contributed by atoms with Crippen LogP contribution in [0.1, 0.15) is 0 Å². The Morgan fingerprint density at radius 1 is 1.24 bits per heavy atom. The highest BCUT2D eigenvalue weighted by Crippen LogP contribution is 2.26. The monoisotopic (exact) mass is 228 g/mol. The lowest BCUT2D eigenvalue weighted by molar-refractivity contribution is 0.632. The van der Waals surface area contributed by atoms with Crippen LogP contribution in [0.3, 0.4) is 0 Å². The number of benzene rings is 1. The second-order valence-corrected chi connectivity index (χ2v) is 3.73. The number of nitrogen functional groups attached to an aromatic ring is 1. The lowest BCUT2D eigenvalue weighted by Gasteiger charge is -2.02. The van der Waals surface area contributed by atoms with Gasteiger partial charge < -0.3 is 5.73 Å². The summed E-state index contributed by atoms with van der Waals surface area (Å²) in [6.07, 6.45) is 1.63. The van der Waals surface area contributed by atoms with Gasteiger partial charge in [-0.25, -0.2) is 4.39 Å². The van der Waals surface area contributed by atoms with Crippen molar-refractivity contribution in [3.63, 3.8) is 0 Å². The maximum atomic E-state index is 13.9. The maximum absolute atomic E-state index is 13.9. The molecule has 1 aromatic carbocycles. The number of pyridine rings is 1. The van der Waals surface area contributed by atoms with Crippen LogP contribution in [0, 0.1) is 5.82 Å². The summed E-state index contributed by atoms with van der Waals surface area (Å²) in [6, 6.07) is 8.42. The van der Waals surface area contributed by atoms with Crippen LogP contribution in [-0.2, 0) is 0 Å². The summed E-state index contributed by atoms with van der Waals surface area (Å²) < 4.78 is 13.9. The van der Waals surface area contributed by atoms with Crippen LogP contribution in [0.4, 0.5) is 10.2 Å². The summed E-state index contributed by atoms with van der Waals surface area (Å²) in [4.78, 5) is 4.09. The molecule has 0 unspecified atom stereocenters. The van der Waals surface area contributed by atoms with Gasteiger partial charge in [0.1, 0.15) is 11.6 Å². The molecule has 0 aliphatic rings. The highest BCUT2D eigenvalue weighted by Gasteiger charge is 2.09. The lowest BCUT2D eigenvalue weighted by Crippen LogP contribution is -1.87. The Labute approximate surface area is 96.3 Å². The van der Waals surface area contributed by atoms with Gasteiger partial charge in [0.15, 0.2) is 0 Å². The Bertz CT molecular complexity index is 690. The van der Waals surface area contributed by atoms with E-state index in [0.29, 0.717) is 22.6 Å². The first-order chi connectivity index (χ1) is 8.24. The molecule has 0 saturated carbocycles. The van der Waals surface area contributed by atoms with Crippen molar-refractivity contribution in [2.75, 3.05) is 5.73 Å². The van der Waals surface area contributed by atoms with Crippen LogP contribution in [-0.4, -0.2) is 15.2 Å². The average molecular weight is 228 g/mol. The predicted octanol–water partition coefficient (Wildman–Crippen LogP) is 2.35. The summed E-state index contributed by atoms with van der Waals surface area (Å²) >= 11 is 0. The van der Waals surface area contributed by atoms with Crippen molar-refractivity contribution < 1.29 is 4.39 Å². The highest BCUT2D eigenvalue weighted by atomic mass is 19.1. The number of aromatic amines is 1. The zero-order valence-electron chi connectivity index (χ0n) is 8.81. The van der Waals surface area contributed by atoms with Crippen LogP contribution in [0.15, 0.2) is 36.5 Å². The summed E-state index contributed by atoms with van der Waals surface area (Å²) in [6.45, 7) is 0. The van der Waals surface area contributed by atoms with Crippen molar-refractivity contribution in [2.45, 2.75) is 0 Å². The lowest BCUT2D eigenvalue weighted by atomic mass is 10.1. The number of hydrogen-bond donors (Lipinski definition) is 2. The Morgan fingerprint density at radius 2 is 2.12 bits per heavy atom. The third-order valence-electron chi connectivity index (χ3n) is 2.58. The first-order valence-corrected chi connectivity index (χ1v) is 5.09. The smallest absolute Gasteiger partial charge is 0.145 e. The van der Waals surface area contributed by atoms with E-state index in [0.717, 1.165) is 5.39 Å². The molecule has 2 heterocycles. The highest BCUT2D eigenvalue weighted by molar-refractivity contribution is 5.84. The van der Waals surface area contributed by atoms with E-state index in [9.17, 15) is 4.39 Å². The molecule has 2 aromatic heterocycles. The first kappa shape index (κ1) is 9.77. The Morgan fingerprint density at radius 3 is 2.88 bits per heavy atom. The molecule has 0 amide bonds. The van der Waals surface area contributed by atoms with E-state index >= 15 is 0 Å². The first-order valence-electron chi connectivity index (χ1n) is 5.09. The average Bonchev–Trinajstić information content (AvgIpc) is 2.75. The largest absolute Gasteiger partial charge is 0.382 e. The third kappa shape index (κ3) is 1.61. The van der Waals surface area contributed by atoms with E-state index in [4.69, 9.17) is 5.73 Å². The van der Waals surface area contributed by atoms with Crippen molar-refractivity contribution in [1.29, 1.82) is 0 Å². The molecule has 0 fully saturated rings. The minimum atomic E-state index is -0.347. The zero-order valence-corrected chi connectivity index (χ0v) is 8.81. The number of anilines is 1. The van der Waals surface area contributed by atoms with Gasteiger partial charge in [0.05, 0.1) is 11.2 Å². The van der Waals surface area contributed by atoms with Crippen molar-refractivity contribution in [2.24, 2.45) is 0 Å². The third-order valence-corrected chi connectivity index (χ3v) is 2.58. The summed E-state index contributed by atoms with van der Waals surface area (Å²) in [5.74, 6) is -0.00877. The molecule has 3 aromatic rings. The predicted molar refractivity (Wildman–Crippen MR) is 63.7 cm³/mol. The molecule has 3 N–H and O–H groups in total. The van der Waals surface area contributed by atoms with E-state index in [2.05, 4.69) is 15.2 Å². The quantitative estimate of drug-likeness (QED) is 0.671. The van der Waals surface area contributed by atoms with Crippen LogP contribution in [0.5, 0.6) is 0 Å². The molecule has 84 valence electrons. The van der Waals surface area contributed by atoms with Gasteiger partial charge >= 0.3 is 0 Å². The number of hydrogen-bond acceptors (Lipinski definition) is 3. The van der Waals surface area contributed by atoms with Gasteiger partial charge in [0.25, 0.3) is 0 Å². The summed E-state index contributed by atoms with van der Waals surface area (Å²) in [5.41, 5.74) is 7.13. The van der Waals surface area contributed by atoms with E-state index < -0.39 is 0 Å². The second kappa shape index (κ2) is 3.55. The van der Waals surface area contributed by atoms with Crippen LogP contribution < -0.4 is 5.73 Å². The van der Waals surface area contributed by atoms with Gasteiger partial charge in [-0.05, 0) is 12.1 Å². The molecule has 0 bridgehead atoms. The fourth-order valence-electron chi connectivity index (χ4n) is 1.78. The fraction of sp³-hybridized carbons (Fsp3) is 0. The Balaban J connectivity index is 2.26.